The van der Waals surface area contributed by atoms with Crippen LogP contribution in [0.2, 0.25) is 0 Å². The van der Waals surface area contributed by atoms with Crippen LogP contribution in [0.5, 0.6) is 0 Å². The lowest BCUT2D eigenvalue weighted by atomic mass is 10.1. The van der Waals surface area contributed by atoms with Crippen LogP contribution >= 0.6 is 22.6 Å². The van der Waals surface area contributed by atoms with Crippen molar-refractivity contribution in [2.24, 2.45) is 5.92 Å². The van der Waals surface area contributed by atoms with E-state index in [9.17, 15) is 0 Å². The second kappa shape index (κ2) is 6.03. The van der Waals surface area contributed by atoms with Crippen molar-refractivity contribution in [1.29, 1.82) is 0 Å². The molecule has 0 spiro atoms. The van der Waals surface area contributed by atoms with Crippen molar-refractivity contribution in [3.8, 4) is 11.5 Å². The summed E-state index contributed by atoms with van der Waals surface area (Å²) in [6.45, 7) is 8.39. The van der Waals surface area contributed by atoms with Crippen LogP contribution in [0, 0.1) is 23.3 Å². The lowest BCUT2D eigenvalue weighted by Crippen LogP contribution is -2.08. The van der Waals surface area contributed by atoms with E-state index in [1.165, 1.54) is 0 Å². The highest BCUT2D eigenvalue weighted by atomic mass is 127. The smallest absolute Gasteiger partial charge is 0.180 e. The minimum Gasteiger partial charge on any atom is -0.383 e. The highest BCUT2D eigenvalue weighted by Crippen LogP contribution is 2.24. The van der Waals surface area contributed by atoms with Gasteiger partial charge < -0.3 is 5.73 Å². The molecule has 5 heteroatoms. The van der Waals surface area contributed by atoms with E-state index >= 15 is 0 Å². The summed E-state index contributed by atoms with van der Waals surface area (Å²) in [7, 11) is 0. The maximum Gasteiger partial charge on any atom is 0.180 e. The molecule has 0 saturated heterocycles. The van der Waals surface area contributed by atoms with Gasteiger partial charge in [0, 0.05) is 6.20 Å². The van der Waals surface area contributed by atoms with Crippen molar-refractivity contribution in [2.45, 2.75) is 34.1 Å². The Hall–Kier alpha value is -1.24. The number of rotatable bonds is 3. The van der Waals surface area contributed by atoms with Crippen molar-refractivity contribution in [2.75, 3.05) is 5.73 Å². The van der Waals surface area contributed by atoms with E-state index < -0.39 is 0 Å². The molecule has 0 bridgehead atoms. The molecule has 2 aromatic heterocycles. The van der Waals surface area contributed by atoms with Gasteiger partial charge in [0.2, 0.25) is 0 Å². The van der Waals surface area contributed by atoms with Crippen molar-refractivity contribution >= 4 is 28.4 Å². The van der Waals surface area contributed by atoms with Gasteiger partial charge in [0.25, 0.3) is 0 Å². The monoisotopic (exact) mass is 382 g/mol. The first-order valence-corrected chi connectivity index (χ1v) is 7.72. The summed E-state index contributed by atoms with van der Waals surface area (Å²) < 4.78 is 0.949. The zero-order chi connectivity index (χ0) is 14.9. The van der Waals surface area contributed by atoms with E-state index in [4.69, 9.17) is 5.73 Å². The third kappa shape index (κ3) is 3.26. The molecule has 2 N–H and O–H groups in total. The molecular weight excluding hydrogens is 363 g/mol. The molecule has 4 nitrogen and oxygen atoms in total. The van der Waals surface area contributed by atoms with Gasteiger partial charge in [-0.15, -0.1) is 0 Å². The molecule has 0 aliphatic rings. The van der Waals surface area contributed by atoms with Gasteiger partial charge in [0.05, 0.1) is 9.26 Å². The number of nitrogens with two attached hydrogens (primary N) is 1. The summed E-state index contributed by atoms with van der Waals surface area (Å²) in [6, 6.07) is 2.09. The van der Waals surface area contributed by atoms with E-state index in [1.54, 1.807) is 0 Å². The van der Waals surface area contributed by atoms with Gasteiger partial charge in [-0.25, -0.2) is 9.97 Å². The third-order valence-electron chi connectivity index (χ3n) is 2.97. The normalized spacial score (nSPS) is 11.1. The van der Waals surface area contributed by atoms with Crippen molar-refractivity contribution in [3.05, 3.63) is 32.7 Å². The molecule has 2 heterocycles. The van der Waals surface area contributed by atoms with Gasteiger partial charge >= 0.3 is 0 Å². The Bertz CT molecular complexity index is 638. The summed E-state index contributed by atoms with van der Waals surface area (Å²) in [6.07, 6.45) is 2.73. The maximum atomic E-state index is 6.03. The van der Waals surface area contributed by atoms with Crippen LogP contribution in [0.15, 0.2) is 12.3 Å². The maximum absolute atomic E-state index is 6.03. The number of nitrogens with zero attached hydrogens (tertiary/aromatic N) is 3. The number of pyridine rings is 1. The standard InChI is InChI=1S/C15H19IN4/c1-8(2)5-11-12(16)14(17)20-15(19-11)13-10(4)6-9(3)7-18-13/h6-8H,5H2,1-4H3,(H2,17,19,20). The van der Waals surface area contributed by atoms with E-state index in [2.05, 4.69) is 57.5 Å². The summed E-state index contributed by atoms with van der Waals surface area (Å²) in [5.41, 5.74) is 10.0. The molecule has 0 unspecified atom stereocenters. The molecule has 0 aliphatic carbocycles. The molecule has 0 aromatic carbocycles. The number of aromatic nitrogens is 3. The fraction of sp³-hybridized carbons (Fsp3) is 0.400. The average molecular weight is 382 g/mol. The molecule has 0 fully saturated rings. The van der Waals surface area contributed by atoms with Crippen LogP contribution in [0.4, 0.5) is 5.82 Å². The van der Waals surface area contributed by atoms with Crippen molar-refractivity contribution < 1.29 is 0 Å². The Morgan fingerprint density at radius 1 is 1.25 bits per heavy atom. The van der Waals surface area contributed by atoms with Crippen LogP contribution in [0.25, 0.3) is 11.5 Å². The molecule has 0 amide bonds. The Balaban J connectivity index is 2.54. The quantitative estimate of drug-likeness (QED) is 0.825. The molecule has 2 aromatic rings. The van der Waals surface area contributed by atoms with Gasteiger partial charge in [-0.3, -0.25) is 4.98 Å². The van der Waals surface area contributed by atoms with Gasteiger partial charge in [0.1, 0.15) is 11.5 Å². The third-order valence-corrected chi connectivity index (χ3v) is 4.15. The molecular formula is C15H19IN4. The molecule has 0 atom stereocenters. The molecule has 0 radical (unpaired) electrons. The summed E-state index contributed by atoms with van der Waals surface area (Å²) >= 11 is 2.22. The Morgan fingerprint density at radius 2 is 1.95 bits per heavy atom. The Kier molecular flexibility index (Phi) is 4.57. The van der Waals surface area contributed by atoms with Crippen LogP contribution in [0.3, 0.4) is 0 Å². The summed E-state index contributed by atoms with van der Waals surface area (Å²) in [5.74, 6) is 1.68. The lowest BCUT2D eigenvalue weighted by Gasteiger charge is -2.11. The zero-order valence-electron chi connectivity index (χ0n) is 12.2. The fourth-order valence-corrected chi connectivity index (χ4v) is 2.55. The highest BCUT2D eigenvalue weighted by molar-refractivity contribution is 14.1. The van der Waals surface area contributed by atoms with E-state index in [0.717, 1.165) is 32.5 Å². The second-order valence-corrected chi connectivity index (χ2v) is 6.55. The molecule has 20 heavy (non-hydrogen) atoms. The minimum absolute atomic E-state index is 0.526. The van der Waals surface area contributed by atoms with Crippen LogP contribution in [0.1, 0.15) is 30.7 Å². The number of halogens is 1. The van der Waals surface area contributed by atoms with Crippen LogP contribution in [-0.2, 0) is 6.42 Å². The van der Waals surface area contributed by atoms with Gasteiger partial charge in [-0.1, -0.05) is 19.9 Å². The minimum atomic E-state index is 0.526. The van der Waals surface area contributed by atoms with E-state index in [0.29, 0.717) is 17.6 Å². The van der Waals surface area contributed by atoms with Crippen molar-refractivity contribution in [1.82, 2.24) is 15.0 Å². The number of hydrogen-bond donors (Lipinski definition) is 1. The largest absolute Gasteiger partial charge is 0.383 e. The molecule has 2 rings (SSSR count). The Labute approximate surface area is 133 Å². The molecule has 106 valence electrons. The van der Waals surface area contributed by atoms with Gasteiger partial charge in [-0.2, -0.15) is 0 Å². The topological polar surface area (TPSA) is 64.7 Å². The highest BCUT2D eigenvalue weighted by Gasteiger charge is 2.14. The fourth-order valence-electron chi connectivity index (χ4n) is 2.09. The first-order chi connectivity index (χ1) is 9.38. The number of nitrogen functional groups attached to an aromatic ring is 1. The molecule has 0 aliphatic heterocycles. The number of hydrogen-bond acceptors (Lipinski definition) is 4. The predicted molar refractivity (Wildman–Crippen MR) is 90.4 cm³/mol. The van der Waals surface area contributed by atoms with Crippen molar-refractivity contribution in [3.63, 3.8) is 0 Å². The zero-order valence-corrected chi connectivity index (χ0v) is 14.4. The predicted octanol–water partition coefficient (Wildman–Crippen LogP) is 3.54. The SMILES string of the molecule is Cc1cnc(-c2nc(N)c(I)c(CC(C)C)n2)c(C)c1. The molecule has 0 saturated carbocycles. The number of anilines is 1. The lowest BCUT2D eigenvalue weighted by molar-refractivity contribution is 0.632. The Morgan fingerprint density at radius 3 is 2.55 bits per heavy atom. The summed E-state index contributed by atoms with van der Waals surface area (Å²) in [4.78, 5) is 13.5. The first kappa shape index (κ1) is 15.2. The first-order valence-electron chi connectivity index (χ1n) is 6.64. The van der Waals surface area contributed by atoms with Crippen LogP contribution in [-0.4, -0.2) is 15.0 Å². The number of aryl methyl sites for hydroxylation is 2. The average Bonchev–Trinajstić information content (AvgIpc) is 2.34. The van der Waals surface area contributed by atoms with Crippen LogP contribution < -0.4 is 5.73 Å². The summed E-state index contributed by atoms with van der Waals surface area (Å²) in [5, 5.41) is 0. The van der Waals surface area contributed by atoms with E-state index in [-0.39, 0.29) is 0 Å². The second-order valence-electron chi connectivity index (χ2n) is 5.47. The van der Waals surface area contributed by atoms with E-state index in [1.807, 2.05) is 20.0 Å². The van der Waals surface area contributed by atoms with Gasteiger partial charge in [-0.05, 0) is 59.9 Å². The van der Waals surface area contributed by atoms with Gasteiger partial charge in [0.15, 0.2) is 5.82 Å².